The van der Waals surface area contributed by atoms with Gasteiger partial charge in [0.25, 0.3) is 0 Å². The number of piperidine rings is 1. The molecule has 2 fully saturated rings. The van der Waals surface area contributed by atoms with Crippen LogP contribution in [0.4, 0.5) is 11.5 Å². The van der Waals surface area contributed by atoms with Crippen LogP contribution in [0.5, 0.6) is 11.5 Å². The molecule has 2 aliphatic heterocycles. The molecule has 29 heavy (non-hydrogen) atoms. The van der Waals surface area contributed by atoms with Crippen molar-refractivity contribution in [3.8, 4) is 11.5 Å². The highest BCUT2D eigenvalue weighted by Gasteiger charge is 2.49. The van der Waals surface area contributed by atoms with E-state index in [4.69, 9.17) is 9.47 Å². The molecule has 1 aliphatic carbocycles. The summed E-state index contributed by atoms with van der Waals surface area (Å²) in [5.41, 5.74) is 1.36. The maximum absolute atomic E-state index is 13.1. The Morgan fingerprint density at radius 3 is 2.72 bits per heavy atom. The van der Waals surface area contributed by atoms with E-state index >= 15 is 0 Å². The molecule has 0 unspecified atom stereocenters. The largest absolute Gasteiger partial charge is 0.493 e. The Hall–Kier alpha value is -2.83. The van der Waals surface area contributed by atoms with Gasteiger partial charge in [0.15, 0.2) is 11.5 Å². The second-order valence-electron chi connectivity index (χ2n) is 8.29. The Labute approximate surface area is 170 Å². The number of ether oxygens (including phenoxy) is 2. The minimum atomic E-state index is -0.518. The van der Waals surface area contributed by atoms with Crippen LogP contribution in [-0.2, 0) is 10.2 Å². The predicted octanol–water partition coefficient (Wildman–Crippen LogP) is 3.07. The molecule has 5 rings (SSSR count). The Balaban J connectivity index is 1.40. The average molecular weight is 394 g/mol. The number of carbonyl (C=O) groups is 1. The average Bonchev–Trinajstić information content (AvgIpc) is 3.53. The van der Waals surface area contributed by atoms with Crippen LogP contribution in [0.25, 0.3) is 0 Å². The second kappa shape index (κ2) is 6.90. The Morgan fingerprint density at radius 1 is 1.24 bits per heavy atom. The highest BCUT2D eigenvalue weighted by Crippen LogP contribution is 2.49. The summed E-state index contributed by atoms with van der Waals surface area (Å²) in [6.45, 7) is 4.14. The monoisotopic (exact) mass is 394 g/mol. The zero-order chi connectivity index (χ0) is 20.0. The third kappa shape index (κ3) is 3.18. The SMILES string of the molecule is COc1cc2c(cc1OCC1CC1)NC(=O)C21CCN(c2ccnc(C)n2)CC1. The van der Waals surface area contributed by atoms with Crippen LogP contribution >= 0.6 is 0 Å². The number of fused-ring (bicyclic) bond motifs is 2. The number of anilines is 2. The summed E-state index contributed by atoms with van der Waals surface area (Å²) in [5, 5.41) is 3.10. The summed E-state index contributed by atoms with van der Waals surface area (Å²) in [7, 11) is 1.66. The van der Waals surface area contributed by atoms with E-state index in [1.54, 1.807) is 13.3 Å². The van der Waals surface area contributed by atoms with Gasteiger partial charge in [0, 0.05) is 31.0 Å². The van der Waals surface area contributed by atoms with Crippen molar-refractivity contribution in [2.45, 2.75) is 38.0 Å². The van der Waals surface area contributed by atoms with Crippen LogP contribution < -0.4 is 19.7 Å². The second-order valence-corrected chi connectivity index (χ2v) is 8.29. The molecule has 3 aliphatic rings. The van der Waals surface area contributed by atoms with Gasteiger partial charge >= 0.3 is 0 Å². The number of nitrogens with one attached hydrogen (secondary N) is 1. The normalized spacial score (nSPS) is 19.8. The van der Waals surface area contributed by atoms with E-state index in [1.807, 2.05) is 25.1 Å². The van der Waals surface area contributed by atoms with E-state index in [2.05, 4.69) is 20.2 Å². The number of nitrogens with zero attached hydrogens (tertiary/aromatic N) is 3. The van der Waals surface area contributed by atoms with E-state index in [9.17, 15) is 4.79 Å². The summed E-state index contributed by atoms with van der Waals surface area (Å²) in [6, 6.07) is 5.86. The number of methoxy groups -OCH3 is 1. The van der Waals surface area contributed by atoms with Crippen molar-refractivity contribution >= 4 is 17.4 Å². The molecule has 1 aromatic heterocycles. The third-order valence-electron chi connectivity index (χ3n) is 6.38. The number of rotatable bonds is 5. The van der Waals surface area contributed by atoms with Crippen LogP contribution in [0.1, 0.15) is 37.1 Å². The van der Waals surface area contributed by atoms with Crippen LogP contribution in [0.3, 0.4) is 0 Å². The Kier molecular flexibility index (Phi) is 4.33. The minimum absolute atomic E-state index is 0.0763. The lowest BCUT2D eigenvalue weighted by Crippen LogP contribution is -2.46. The smallest absolute Gasteiger partial charge is 0.235 e. The summed E-state index contributed by atoms with van der Waals surface area (Å²) >= 11 is 0. The van der Waals surface area contributed by atoms with Crippen molar-refractivity contribution in [2.75, 3.05) is 37.0 Å². The van der Waals surface area contributed by atoms with Crippen molar-refractivity contribution in [2.24, 2.45) is 5.92 Å². The van der Waals surface area contributed by atoms with Crippen molar-refractivity contribution in [3.63, 3.8) is 0 Å². The van der Waals surface area contributed by atoms with Crippen LogP contribution in [0.15, 0.2) is 24.4 Å². The highest BCUT2D eigenvalue weighted by atomic mass is 16.5. The lowest BCUT2D eigenvalue weighted by atomic mass is 9.73. The molecule has 1 saturated heterocycles. The summed E-state index contributed by atoms with van der Waals surface area (Å²) in [5.74, 6) is 3.83. The molecule has 3 heterocycles. The lowest BCUT2D eigenvalue weighted by Gasteiger charge is -2.38. The summed E-state index contributed by atoms with van der Waals surface area (Å²) in [6.07, 6.45) is 5.72. The summed E-state index contributed by atoms with van der Waals surface area (Å²) in [4.78, 5) is 24.0. The Bertz CT molecular complexity index is 949. The Morgan fingerprint density at radius 2 is 2.03 bits per heavy atom. The van der Waals surface area contributed by atoms with Crippen molar-refractivity contribution < 1.29 is 14.3 Å². The zero-order valence-corrected chi connectivity index (χ0v) is 16.9. The minimum Gasteiger partial charge on any atom is -0.493 e. The van der Waals surface area contributed by atoms with E-state index < -0.39 is 5.41 Å². The summed E-state index contributed by atoms with van der Waals surface area (Å²) < 4.78 is 11.6. The molecule has 2 aromatic rings. The van der Waals surface area contributed by atoms with Gasteiger partial charge in [0.1, 0.15) is 11.6 Å². The van der Waals surface area contributed by atoms with Crippen LogP contribution in [0, 0.1) is 12.8 Å². The van der Waals surface area contributed by atoms with Gasteiger partial charge in [-0.25, -0.2) is 9.97 Å². The molecule has 0 bridgehead atoms. The van der Waals surface area contributed by atoms with Gasteiger partial charge in [-0.1, -0.05) is 0 Å². The molecule has 0 atom stereocenters. The number of aromatic nitrogens is 2. The first kappa shape index (κ1) is 18.2. The molecule has 1 aromatic carbocycles. The molecule has 1 N–H and O–H groups in total. The van der Waals surface area contributed by atoms with E-state index in [-0.39, 0.29) is 5.91 Å². The number of hydrogen-bond donors (Lipinski definition) is 1. The first-order valence-electron chi connectivity index (χ1n) is 10.3. The van der Waals surface area contributed by atoms with Crippen LogP contribution in [0.2, 0.25) is 0 Å². The third-order valence-corrected chi connectivity index (χ3v) is 6.38. The molecule has 0 radical (unpaired) electrons. The van der Waals surface area contributed by atoms with Gasteiger partial charge in [-0.3, -0.25) is 4.79 Å². The van der Waals surface area contributed by atoms with Gasteiger partial charge in [-0.05, 0) is 56.2 Å². The topological polar surface area (TPSA) is 76.6 Å². The number of hydrogen-bond acceptors (Lipinski definition) is 6. The van der Waals surface area contributed by atoms with Gasteiger partial charge in [0.05, 0.1) is 19.1 Å². The molecule has 7 heteroatoms. The molecular weight excluding hydrogens is 368 g/mol. The zero-order valence-electron chi connectivity index (χ0n) is 16.9. The van der Waals surface area contributed by atoms with Crippen molar-refractivity contribution in [3.05, 3.63) is 35.8 Å². The fraction of sp³-hybridized carbons (Fsp3) is 0.500. The van der Waals surface area contributed by atoms with E-state index in [1.165, 1.54) is 12.8 Å². The van der Waals surface area contributed by atoms with E-state index in [0.29, 0.717) is 24.0 Å². The first-order valence-corrected chi connectivity index (χ1v) is 10.3. The predicted molar refractivity (Wildman–Crippen MR) is 110 cm³/mol. The van der Waals surface area contributed by atoms with Crippen LogP contribution in [-0.4, -0.2) is 42.7 Å². The first-order chi connectivity index (χ1) is 14.1. The highest BCUT2D eigenvalue weighted by molar-refractivity contribution is 6.07. The van der Waals surface area contributed by atoms with Gasteiger partial charge in [-0.2, -0.15) is 0 Å². The fourth-order valence-corrected chi connectivity index (χ4v) is 4.42. The van der Waals surface area contributed by atoms with Gasteiger partial charge in [-0.15, -0.1) is 0 Å². The standard InChI is InChI=1S/C22H26N4O3/c1-14-23-8-5-20(24-14)26-9-6-22(7-10-26)16-11-18(28-2)19(29-13-15-3-4-15)12-17(16)25-21(22)27/h5,8,11-12,15H,3-4,6-7,9-10,13H2,1-2H3,(H,25,27). The quantitative estimate of drug-likeness (QED) is 0.840. The lowest BCUT2D eigenvalue weighted by molar-refractivity contribution is -0.121. The fourth-order valence-electron chi connectivity index (χ4n) is 4.42. The van der Waals surface area contributed by atoms with Gasteiger partial charge in [0.2, 0.25) is 5.91 Å². The maximum atomic E-state index is 13.1. The van der Waals surface area contributed by atoms with Crippen molar-refractivity contribution in [1.82, 2.24) is 9.97 Å². The van der Waals surface area contributed by atoms with Gasteiger partial charge < -0.3 is 19.7 Å². The number of aryl methyl sites for hydroxylation is 1. The van der Waals surface area contributed by atoms with Crippen molar-refractivity contribution in [1.29, 1.82) is 0 Å². The molecular formula is C22H26N4O3. The molecule has 1 amide bonds. The number of amides is 1. The molecule has 1 spiro atoms. The molecule has 7 nitrogen and oxygen atoms in total. The number of carbonyl (C=O) groups excluding carboxylic acids is 1. The molecule has 1 saturated carbocycles. The maximum Gasteiger partial charge on any atom is 0.235 e. The number of benzene rings is 1. The van der Waals surface area contributed by atoms with E-state index in [0.717, 1.165) is 48.8 Å². The molecule has 152 valence electrons.